The lowest BCUT2D eigenvalue weighted by Crippen LogP contribution is -2.31. The summed E-state index contributed by atoms with van der Waals surface area (Å²) in [5.74, 6) is 6.89. The van der Waals surface area contributed by atoms with E-state index in [0.29, 0.717) is 112 Å². The van der Waals surface area contributed by atoms with Crippen molar-refractivity contribution in [2.75, 3.05) is 112 Å². The van der Waals surface area contributed by atoms with E-state index in [1.54, 1.807) is 74.4 Å². The summed E-state index contributed by atoms with van der Waals surface area (Å²) < 4.78 is 31.2. The molecule has 0 spiro atoms. The number of hydrogen-bond acceptors (Lipinski definition) is 31. The number of carbonyl (C=O) groups excluding carboxylic acids is 5. The van der Waals surface area contributed by atoms with Crippen molar-refractivity contribution < 1.29 is 56.4 Å². The molecule has 680 valence electrons. The molecule has 0 atom stereocenters. The van der Waals surface area contributed by atoms with Crippen LogP contribution in [0.3, 0.4) is 0 Å². The number of aromatic hydroxyl groups is 1. The van der Waals surface area contributed by atoms with E-state index in [-0.39, 0.29) is 63.8 Å². The van der Waals surface area contributed by atoms with Gasteiger partial charge in [0.05, 0.1) is 19.5 Å². The van der Waals surface area contributed by atoms with Crippen LogP contribution in [0, 0.1) is 13.8 Å². The molecule has 0 unspecified atom stereocenters. The third-order valence-corrected chi connectivity index (χ3v) is 19.6. The number of benzene rings is 6. The number of methoxy groups -OCH3 is 1. The topological polar surface area (TPSA) is 472 Å². The van der Waals surface area contributed by atoms with E-state index in [9.17, 15) is 29.1 Å². The molecular weight excluding hydrogens is 1680 g/mol. The van der Waals surface area contributed by atoms with Crippen LogP contribution >= 0.6 is 0 Å². The number of piperidine rings is 1. The highest BCUT2D eigenvalue weighted by atomic mass is 16.5. The molecule has 10 heterocycles. The van der Waals surface area contributed by atoms with E-state index in [1.807, 2.05) is 196 Å². The molecule has 1 aliphatic heterocycles. The Morgan fingerprint density at radius 1 is 0.371 bits per heavy atom. The van der Waals surface area contributed by atoms with E-state index in [4.69, 9.17) is 27.4 Å². The maximum atomic E-state index is 12.3. The van der Waals surface area contributed by atoms with Gasteiger partial charge >= 0.3 is 0 Å². The van der Waals surface area contributed by atoms with Gasteiger partial charge in [0.25, 0.3) is 29.5 Å². The minimum atomic E-state index is -0.267. The predicted octanol–water partition coefficient (Wildman–Crippen LogP) is 14.0. The number of anilines is 5. The second kappa shape index (κ2) is 52.0. The first-order valence-electron chi connectivity index (χ1n) is 43.2. The molecule has 11 N–H and O–H groups in total. The van der Waals surface area contributed by atoms with Crippen molar-refractivity contribution in [2.24, 2.45) is 0 Å². The summed E-state index contributed by atoms with van der Waals surface area (Å²) in [5.41, 5.74) is 7.55. The number of amides is 5. The largest absolute Gasteiger partial charge is 0.508 e. The van der Waals surface area contributed by atoms with Gasteiger partial charge in [0.15, 0.2) is 63.0 Å². The Balaban J connectivity index is 0.000000149. The van der Waals surface area contributed by atoms with Gasteiger partial charge in [0, 0.05) is 166 Å². The zero-order chi connectivity index (χ0) is 92.0. The van der Waals surface area contributed by atoms with Crippen molar-refractivity contribution in [3.8, 4) is 68.1 Å². The van der Waals surface area contributed by atoms with Crippen molar-refractivity contribution in [1.82, 2.24) is 97.6 Å². The van der Waals surface area contributed by atoms with Crippen LogP contribution in [0.15, 0.2) is 278 Å². The first-order chi connectivity index (χ1) is 64.7. The van der Waals surface area contributed by atoms with Crippen LogP contribution in [0.1, 0.15) is 121 Å². The average molecular weight is 1790 g/mol. The van der Waals surface area contributed by atoms with Gasteiger partial charge in [0.1, 0.15) is 35.4 Å². The van der Waals surface area contributed by atoms with Crippen molar-refractivity contribution in [3.63, 3.8) is 0 Å². The lowest BCUT2D eigenvalue weighted by molar-refractivity contribution is 0.0936. The second-order valence-corrected chi connectivity index (χ2v) is 29.5. The second-order valence-electron chi connectivity index (χ2n) is 29.5. The van der Waals surface area contributed by atoms with Gasteiger partial charge in [-0.15, -0.1) is 0 Å². The number of phenolic OH excluding ortho intramolecular Hbond substituents is 1. The van der Waals surface area contributed by atoms with Crippen molar-refractivity contribution >= 4 is 58.9 Å². The van der Waals surface area contributed by atoms with Gasteiger partial charge in [-0.2, -0.15) is 4.98 Å². The fourth-order valence-corrected chi connectivity index (χ4v) is 12.7. The number of aromatic nitrogens is 13. The molecule has 6 aromatic carbocycles. The summed E-state index contributed by atoms with van der Waals surface area (Å²) in [7, 11) is 1.56. The standard InChI is InChI=1S/C22H26N6O2.C20H21N3O3.C18H19N5O3.2C18H19N5O2/c29-21(18-16-19(30-27-18)17-8-3-1-4-9-17)24-12-7-11-23-20-10-13-25-22(26-20)28-14-5-2-6-15-28;24-18-10-5-4-9-16(18)14-21-11-6-12-22-20(25)17-13-19(26-23-17)15-7-2-1-3-8-15;1-25-14-11-21-18(22-12-14)20-9-5-8-19-17(24)15-10-16(26-23-15)13-6-3-2-4-7-13;1-13-19-11-8-17(22-13)20-9-5-10-21-18(24)15-12-16(25-23-15)14-6-3-2-4-7-14;1-13-10-17(22-12-21-13)19-8-5-9-20-18(24)15-11-16(25-23-15)14-6-3-2-4-7-14/h1,3-4,8-10,13,16H,2,5-7,11-12,14-15H2,(H,24,29)(H,23,25,26);1-5,7-10,13,21,24H,6,11-12,14H2,(H,22,25);2-4,6-7,10-12H,5,8-9H2,1H3,(H,19,24)(H,20,21,22);2-4,6-8,11-12H,5,9-10H2,1H3,(H,21,24)(H,19,20,22);2-4,6-7,10-12H,5,8-9H2,1H3,(H,20,24)(H,19,21,22). The van der Waals surface area contributed by atoms with E-state index >= 15 is 0 Å². The molecular formula is C96H104N24O12. The third-order valence-electron chi connectivity index (χ3n) is 19.6. The van der Waals surface area contributed by atoms with Crippen LogP contribution in [0.2, 0.25) is 0 Å². The molecule has 1 fully saturated rings. The smallest absolute Gasteiger partial charge is 0.273 e. The number of aryl methyl sites for hydroxylation is 2. The molecule has 36 nitrogen and oxygen atoms in total. The van der Waals surface area contributed by atoms with Gasteiger partial charge < -0.3 is 90.5 Å². The Morgan fingerprint density at radius 2 is 0.727 bits per heavy atom. The molecule has 9 aromatic heterocycles. The van der Waals surface area contributed by atoms with Gasteiger partial charge in [0.2, 0.25) is 11.9 Å². The number of ether oxygens (including phenoxy) is 1. The number of nitrogens with zero attached hydrogens (tertiary/aromatic N) is 14. The maximum Gasteiger partial charge on any atom is 0.273 e. The number of phenols is 1. The lowest BCUT2D eigenvalue weighted by Gasteiger charge is -2.26. The molecule has 1 aliphatic rings. The normalized spacial score (nSPS) is 11.2. The Labute approximate surface area is 761 Å². The van der Waals surface area contributed by atoms with Crippen LogP contribution in [0.4, 0.5) is 29.4 Å². The molecule has 15 aromatic rings. The Kier molecular flexibility index (Phi) is 37.3. The van der Waals surface area contributed by atoms with E-state index in [0.717, 1.165) is 114 Å². The number of hydrogen-bond donors (Lipinski definition) is 11. The maximum absolute atomic E-state index is 12.3. The average Bonchev–Trinajstić information content (AvgIpc) is 1.72. The van der Waals surface area contributed by atoms with Crippen LogP contribution in [0.25, 0.3) is 56.6 Å². The Bertz CT molecular complexity index is 5840. The van der Waals surface area contributed by atoms with Gasteiger partial charge in [-0.1, -0.05) is 196 Å². The Hall–Kier alpha value is -16.4. The molecule has 5 amide bonds. The minimum absolute atomic E-state index is 0.240. The monoisotopic (exact) mass is 1780 g/mol. The number of rotatable bonds is 38. The summed E-state index contributed by atoms with van der Waals surface area (Å²) >= 11 is 0. The first kappa shape index (κ1) is 94.7. The molecule has 0 saturated carbocycles. The molecule has 1 saturated heterocycles. The number of carbonyl (C=O) groups is 5. The quantitative estimate of drug-likeness (QED) is 0.0160. The zero-order valence-electron chi connectivity index (χ0n) is 73.3. The Morgan fingerprint density at radius 3 is 1.11 bits per heavy atom. The van der Waals surface area contributed by atoms with Gasteiger partial charge in [-0.05, 0) is 90.0 Å². The summed E-state index contributed by atoms with van der Waals surface area (Å²) in [6.45, 7) is 12.4. The highest BCUT2D eigenvalue weighted by Crippen LogP contribution is 2.26. The first-order valence-corrected chi connectivity index (χ1v) is 43.2. The third kappa shape index (κ3) is 31.3. The van der Waals surface area contributed by atoms with E-state index < -0.39 is 0 Å². The van der Waals surface area contributed by atoms with Crippen molar-refractivity contribution in [1.29, 1.82) is 0 Å². The molecule has 132 heavy (non-hydrogen) atoms. The summed E-state index contributed by atoms with van der Waals surface area (Å²) in [5, 5.41) is 59.0. The fraction of sp³-hybridized carbons (Fsp3) is 0.250. The minimum Gasteiger partial charge on any atom is -0.508 e. The van der Waals surface area contributed by atoms with Crippen LogP contribution in [-0.2, 0) is 6.54 Å². The highest BCUT2D eigenvalue weighted by Gasteiger charge is 2.20. The van der Waals surface area contributed by atoms with Crippen LogP contribution in [-0.4, -0.2) is 186 Å². The van der Waals surface area contributed by atoms with E-state index in [1.165, 1.54) is 25.6 Å². The van der Waals surface area contributed by atoms with Gasteiger partial charge in [-0.25, -0.2) is 34.9 Å². The van der Waals surface area contributed by atoms with Crippen LogP contribution in [0.5, 0.6) is 11.5 Å². The van der Waals surface area contributed by atoms with Crippen LogP contribution < -0.4 is 62.8 Å². The molecule has 36 heteroatoms. The molecule has 0 radical (unpaired) electrons. The zero-order valence-corrected chi connectivity index (χ0v) is 73.3. The molecule has 16 rings (SSSR count). The number of nitrogens with one attached hydrogen (secondary N) is 10. The fourth-order valence-electron chi connectivity index (χ4n) is 12.7. The lowest BCUT2D eigenvalue weighted by atomic mass is 10.1. The summed E-state index contributed by atoms with van der Waals surface area (Å²) in [6, 6.07) is 68.7. The van der Waals surface area contributed by atoms with Gasteiger partial charge in [-0.3, -0.25) is 24.0 Å². The predicted molar refractivity (Wildman–Crippen MR) is 498 cm³/mol. The summed E-state index contributed by atoms with van der Waals surface area (Å²) in [6.07, 6.45) is 15.6. The van der Waals surface area contributed by atoms with E-state index in [2.05, 4.69) is 124 Å². The molecule has 0 aliphatic carbocycles. The summed E-state index contributed by atoms with van der Waals surface area (Å²) in [4.78, 5) is 96.5. The van der Waals surface area contributed by atoms with Crippen molar-refractivity contribution in [2.45, 2.75) is 71.8 Å². The molecule has 0 bridgehead atoms. The van der Waals surface area contributed by atoms with Crippen molar-refractivity contribution in [3.05, 3.63) is 301 Å². The number of para-hydroxylation sites is 1. The SMILES string of the molecule is COc1cnc(NCCCNC(=O)c2cc(-c3ccccc3)on2)nc1.Cc1cc(NCCCNC(=O)c2cc(-c3ccccc3)on2)ncn1.Cc1nccc(NCCCNC(=O)c2cc(-c3ccccc3)on2)n1.O=C(NCCCNCc1ccccc1O)c1cc(-c2ccccc2)on1.O=C(NCCCNc1ccnc(N2CCCCC2)n1)c1cc(-c2ccccc2)on1. The highest BCUT2D eigenvalue weighted by molar-refractivity contribution is 5.95.